The van der Waals surface area contributed by atoms with Gasteiger partial charge < -0.3 is 25.1 Å². The molecule has 0 radical (unpaired) electrons. The molecule has 6 heteroatoms. The standard InChI is InChI=1S/C21H25NO5/c1-5-21(2)14-6-8-16(25-3)12(10-18(23)24)19(14)27-20-13(11-22)17(26-4)9-7-15(20)21/h6-9H,5,10-11,22H2,1-4H3,(H,23,24). The molecule has 1 aliphatic heterocycles. The summed E-state index contributed by atoms with van der Waals surface area (Å²) in [5.74, 6) is 1.39. The third-order valence-electron chi connectivity index (χ3n) is 5.51. The van der Waals surface area contributed by atoms with Crippen molar-refractivity contribution in [3.05, 3.63) is 46.5 Å². The Hall–Kier alpha value is -2.73. The number of benzene rings is 2. The van der Waals surface area contributed by atoms with Gasteiger partial charge in [-0.05, 0) is 18.6 Å². The van der Waals surface area contributed by atoms with Gasteiger partial charge in [-0.15, -0.1) is 0 Å². The fourth-order valence-corrected chi connectivity index (χ4v) is 3.84. The molecule has 27 heavy (non-hydrogen) atoms. The molecule has 2 aromatic carbocycles. The number of carboxylic acids is 1. The molecule has 0 bridgehead atoms. The van der Waals surface area contributed by atoms with E-state index in [0.29, 0.717) is 28.6 Å². The van der Waals surface area contributed by atoms with E-state index in [2.05, 4.69) is 13.8 Å². The Kier molecular flexibility index (Phi) is 5.02. The molecule has 2 aromatic rings. The molecular weight excluding hydrogens is 346 g/mol. The highest BCUT2D eigenvalue weighted by Crippen LogP contribution is 2.54. The van der Waals surface area contributed by atoms with E-state index in [1.54, 1.807) is 7.11 Å². The van der Waals surface area contributed by atoms with Gasteiger partial charge in [0, 0.05) is 28.7 Å². The van der Waals surface area contributed by atoms with Gasteiger partial charge in [0.15, 0.2) is 0 Å². The molecule has 6 nitrogen and oxygen atoms in total. The first kappa shape index (κ1) is 19.0. The Morgan fingerprint density at radius 3 is 2.04 bits per heavy atom. The molecule has 3 N–H and O–H groups in total. The van der Waals surface area contributed by atoms with Crippen molar-refractivity contribution in [1.29, 1.82) is 0 Å². The third kappa shape index (κ3) is 2.90. The zero-order valence-corrected chi connectivity index (χ0v) is 16.1. The van der Waals surface area contributed by atoms with Gasteiger partial charge in [0.25, 0.3) is 0 Å². The summed E-state index contributed by atoms with van der Waals surface area (Å²) >= 11 is 0. The van der Waals surface area contributed by atoms with Gasteiger partial charge >= 0.3 is 5.97 Å². The Labute approximate surface area is 158 Å². The second-order valence-electron chi connectivity index (χ2n) is 6.81. The van der Waals surface area contributed by atoms with E-state index < -0.39 is 5.97 Å². The largest absolute Gasteiger partial charge is 0.496 e. The van der Waals surface area contributed by atoms with Crippen LogP contribution in [0.1, 0.15) is 42.5 Å². The Morgan fingerprint density at radius 1 is 1.07 bits per heavy atom. The highest BCUT2D eigenvalue weighted by Gasteiger charge is 2.40. The zero-order valence-electron chi connectivity index (χ0n) is 16.1. The number of methoxy groups -OCH3 is 2. The van der Waals surface area contributed by atoms with Gasteiger partial charge in [0.1, 0.15) is 23.0 Å². The van der Waals surface area contributed by atoms with Crippen LogP contribution < -0.4 is 19.9 Å². The van der Waals surface area contributed by atoms with Gasteiger partial charge in [-0.25, -0.2) is 0 Å². The van der Waals surface area contributed by atoms with Gasteiger partial charge in [-0.3, -0.25) is 4.79 Å². The number of aliphatic carboxylic acids is 1. The summed E-state index contributed by atoms with van der Waals surface area (Å²) in [6.07, 6.45) is 0.620. The molecular formula is C21H25NO5. The summed E-state index contributed by atoms with van der Waals surface area (Å²) < 4.78 is 17.2. The molecule has 0 saturated carbocycles. The first-order valence-electron chi connectivity index (χ1n) is 8.91. The fraction of sp³-hybridized carbons (Fsp3) is 0.381. The Balaban J connectivity index is 2.33. The van der Waals surface area contributed by atoms with Crippen molar-refractivity contribution in [2.75, 3.05) is 14.2 Å². The highest BCUT2D eigenvalue weighted by atomic mass is 16.5. The SMILES string of the molecule is CCC1(C)c2ccc(OC)c(CN)c2Oc2c1ccc(OC)c2CC(=O)O. The van der Waals surface area contributed by atoms with E-state index in [4.69, 9.17) is 19.9 Å². The van der Waals surface area contributed by atoms with Crippen LogP contribution in [-0.4, -0.2) is 25.3 Å². The van der Waals surface area contributed by atoms with Crippen molar-refractivity contribution in [3.8, 4) is 23.0 Å². The summed E-state index contributed by atoms with van der Waals surface area (Å²) in [6.45, 7) is 4.49. The molecule has 0 saturated heterocycles. The second-order valence-corrected chi connectivity index (χ2v) is 6.81. The molecule has 0 amide bonds. The van der Waals surface area contributed by atoms with E-state index in [1.165, 1.54) is 7.11 Å². The van der Waals surface area contributed by atoms with Crippen molar-refractivity contribution in [2.45, 2.75) is 38.6 Å². The van der Waals surface area contributed by atoms with Crippen molar-refractivity contribution in [1.82, 2.24) is 0 Å². The lowest BCUT2D eigenvalue weighted by Gasteiger charge is -2.39. The molecule has 1 heterocycles. The lowest BCUT2D eigenvalue weighted by atomic mass is 9.71. The third-order valence-corrected chi connectivity index (χ3v) is 5.51. The molecule has 0 aromatic heterocycles. The predicted octanol–water partition coefficient (Wildman–Crippen LogP) is 3.61. The number of ether oxygens (including phenoxy) is 3. The quantitative estimate of drug-likeness (QED) is 0.806. The minimum atomic E-state index is -0.945. The molecule has 0 aliphatic carbocycles. The van der Waals surface area contributed by atoms with Crippen LogP contribution in [0, 0.1) is 0 Å². The maximum Gasteiger partial charge on any atom is 0.308 e. The average molecular weight is 371 g/mol. The van der Waals surface area contributed by atoms with Crippen molar-refractivity contribution >= 4 is 5.97 Å². The average Bonchev–Trinajstić information content (AvgIpc) is 2.67. The summed E-state index contributed by atoms with van der Waals surface area (Å²) in [6, 6.07) is 7.68. The van der Waals surface area contributed by atoms with Crippen LogP contribution >= 0.6 is 0 Å². The molecule has 0 fully saturated rings. The number of rotatable bonds is 6. The minimum absolute atomic E-state index is 0.191. The van der Waals surface area contributed by atoms with Crippen LogP contribution in [-0.2, 0) is 23.2 Å². The maximum atomic E-state index is 11.5. The van der Waals surface area contributed by atoms with E-state index in [1.807, 2.05) is 24.3 Å². The highest BCUT2D eigenvalue weighted by molar-refractivity contribution is 5.75. The van der Waals surface area contributed by atoms with Crippen LogP contribution in [0.3, 0.4) is 0 Å². The molecule has 144 valence electrons. The second kappa shape index (κ2) is 7.12. The van der Waals surface area contributed by atoms with Gasteiger partial charge in [-0.1, -0.05) is 26.0 Å². The van der Waals surface area contributed by atoms with Gasteiger partial charge in [0.05, 0.1) is 26.2 Å². The Morgan fingerprint density at radius 2 is 1.59 bits per heavy atom. The topological polar surface area (TPSA) is 91.0 Å². The Bertz CT molecular complexity index is 893. The lowest BCUT2D eigenvalue weighted by molar-refractivity contribution is -0.136. The van der Waals surface area contributed by atoms with Crippen LogP contribution in [0.5, 0.6) is 23.0 Å². The first-order valence-corrected chi connectivity index (χ1v) is 8.91. The van der Waals surface area contributed by atoms with E-state index in [9.17, 15) is 9.90 Å². The molecule has 1 unspecified atom stereocenters. The number of carbonyl (C=O) groups is 1. The monoisotopic (exact) mass is 371 g/mol. The van der Waals surface area contributed by atoms with E-state index in [0.717, 1.165) is 23.1 Å². The molecule has 3 rings (SSSR count). The smallest absolute Gasteiger partial charge is 0.308 e. The first-order chi connectivity index (χ1) is 12.9. The maximum absolute atomic E-state index is 11.5. The van der Waals surface area contributed by atoms with Crippen molar-refractivity contribution in [2.24, 2.45) is 5.73 Å². The van der Waals surface area contributed by atoms with Crippen LogP contribution in [0.4, 0.5) is 0 Å². The minimum Gasteiger partial charge on any atom is -0.496 e. The summed E-state index contributed by atoms with van der Waals surface area (Å²) in [5.41, 5.74) is 8.91. The van der Waals surface area contributed by atoms with E-state index in [-0.39, 0.29) is 18.4 Å². The number of nitrogens with two attached hydrogens (primary N) is 1. The molecule has 0 spiro atoms. The summed E-state index contributed by atoms with van der Waals surface area (Å²) in [5, 5.41) is 9.40. The van der Waals surface area contributed by atoms with Crippen LogP contribution in [0.2, 0.25) is 0 Å². The summed E-state index contributed by atoms with van der Waals surface area (Å²) in [7, 11) is 3.12. The number of fused-ring (bicyclic) bond motifs is 2. The molecule has 1 atom stereocenters. The number of hydrogen-bond acceptors (Lipinski definition) is 5. The summed E-state index contributed by atoms with van der Waals surface area (Å²) in [4.78, 5) is 11.5. The van der Waals surface area contributed by atoms with Crippen LogP contribution in [0.25, 0.3) is 0 Å². The predicted molar refractivity (Wildman–Crippen MR) is 102 cm³/mol. The normalized spacial score (nSPS) is 17.5. The van der Waals surface area contributed by atoms with Gasteiger partial charge in [-0.2, -0.15) is 0 Å². The van der Waals surface area contributed by atoms with Crippen LogP contribution in [0.15, 0.2) is 24.3 Å². The number of carboxylic acid groups (broad SMARTS) is 1. The van der Waals surface area contributed by atoms with E-state index >= 15 is 0 Å². The van der Waals surface area contributed by atoms with Crippen molar-refractivity contribution in [3.63, 3.8) is 0 Å². The number of hydrogen-bond donors (Lipinski definition) is 2. The molecule has 1 aliphatic rings. The fourth-order valence-electron chi connectivity index (χ4n) is 3.84. The van der Waals surface area contributed by atoms with Crippen molar-refractivity contribution < 1.29 is 24.1 Å². The van der Waals surface area contributed by atoms with Gasteiger partial charge in [0.2, 0.25) is 0 Å². The lowest BCUT2D eigenvalue weighted by Crippen LogP contribution is -2.29. The zero-order chi connectivity index (χ0) is 19.8.